The van der Waals surface area contributed by atoms with Crippen LogP contribution in [0.4, 0.5) is 0 Å². The quantitative estimate of drug-likeness (QED) is 0.586. The molecule has 0 aromatic heterocycles. The molecule has 0 atom stereocenters. The maximum Gasteiger partial charge on any atom is 0.267 e. The van der Waals surface area contributed by atoms with E-state index in [1.807, 2.05) is 18.0 Å². The number of likely N-dealkylation sites (N-methyl/N-ethyl adjacent to an activating group) is 1. The van der Waals surface area contributed by atoms with Gasteiger partial charge in [-0.25, -0.2) is 0 Å². The van der Waals surface area contributed by atoms with Gasteiger partial charge in [0.15, 0.2) is 0 Å². The minimum atomic E-state index is -0.0135. The van der Waals surface area contributed by atoms with Gasteiger partial charge in [-0.3, -0.25) is 4.79 Å². The second-order valence-corrected chi connectivity index (χ2v) is 2.84. The van der Waals surface area contributed by atoms with Gasteiger partial charge in [0, 0.05) is 26.7 Å². The molecule has 3 N–H and O–H groups in total. The lowest BCUT2D eigenvalue weighted by Gasteiger charge is -2.14. The van der Waals surface area contributed by atoms with Crippen molar-refractivity contribution < 1.29 is 4.79 Å². The summed E-state index contributed by atoms with van der Waals surface area (Å²) in [5, 5.41) is 2.73. The Labute approximate surface area is 72.4 Å². The van der Waals surface area contributed by atoms with Gasteiger partial charge >= 0.3 is 0 Å². The van der Waals surface area contributed by atoms with Crippen molar-refractivity contribution in [2.75, 3.05) is 26.7 Å². The van der Waals surface area contributed by atoms with Crippen LogP contribution in [-0.4, -0.2) is 37.5 Å². The molecule has 0 bridgehead atoms. The zero-order valence-corrected chi connectivity index (χ0v) is 7.34. The van der Waals surface area contributed by atoms with Crippen molar-refractivity contribution in [1.29, 1.82) is 0 Å². The van der Waals surface area contributed by atoms with E-state index in [0.29, 0.717) is 13.1 Å². The highest BCUT2D eigenvalue weighted by atomic mass is 16.2. The molecule has 0 saturated heterocycles. The standard InChI is InChI=1S/C8H15N3O/c1-11-6-2-3-7(11)8(12)10-5-4-9/h3H,2,4-6,9H2,1H3,(H,10,12). The van der Waals surface area contributed by atoms with Gasteiger partial charge in [-0.2, -0.15) is 0 Å². The smallest absolute Gasteiger partial charge is 0.267 e. The summed E-state index contributed by atoms with van der Waals surface area (Å²) in [5.41, 5.74) is 6.03. The lowest BCUT2D eigenvalue weighted by molar-refractivity contribution is -0.118. The summed E-state index contributed by atoms with van der Waals surface area (Å²) in [4.78, 5) is 13.3. The van der Waals surface area contributed by atoms with E-state index in [1.54, 1.807) is 0 Å². The minimum absolute atomic E-state index is 0.0135. The number of amides is 1. The molecule has 12 heavy (non-hydrogen) atoms. The molecule has 1 amide bonds. The fraction of sp³-hybridized carbons (Fsp3) is 0.625. The molecule has 1 rings (SSSR count). The van der Waals surface area contributed by atoms with E-state index < -0.39 is 0 Å². The van der Waals surface area contributed by atoms with Crippen molar-refractivity contribution in [3.8, 4) is 0 Å². The molecule has 0 fully saturated rings. The van der Waals surface area contributed by atoms with Crippen molar-refractivity contribution in [3.05, 3.63) is 11.8 Å². The third kappa shape index (κ3) is 1.98. The molecule has 0 unspecified atom stereocenters. The second-order valence-electron chi connectivity index (χ2n) is 2.84. The molecular formula is C8H15N3O. The molecule has 4 heteroatoms. The molecule has 1 aliphatic heterocycles. The predicted molar refractivity (Wildman–Crippen MR) is 47.4 cm³/mol. The van der Waals surface area contributed by atoms with Crippen LogP contribution in [-0.2, 0) is 4.79 Å². The van der Waals surface area contributed by atoms with Crippen molar-refractivity contribution in [2.45, 2.75) is 6.42 Å². The third-order valence-electron chi connectivity index (χ3n) is 1.88. The maximum atomic E-state index is 11.3. The number of nitrogens with zero attached hydrogens (tertiary/aromatic N) is 1. The molecule has 0 radical (unpaired) electrons. The van der Waals surface area contributed by atoms with Gasteiger partial charge in [0.1, 0.15) is 0 Å². The van der Waals surface area contributed by atoms with Gasteiger partial charge in [-0.15, -0.1) is 0 Å². The van der Waals surface area contributed by atoms with Gasteiger partial charge in [0.25, 0.3) is 5.91 Å². The van der Waals surface area contributed by atoms with E-state index in [0.717, 1.165) is 18.7 Å². The highest BCUT2D eigenvalue weighted by Crippen LogP contribution is 2.11. The Balaban J connectivity index is 2.41. The molecule has 0 aromatic rings. The average Bonchev–Trinajstić information content (AvgIpc) is 2.47. The Kier molecular flexibility index (Phi) is 3.10. The number of hydrogen-bond donors (Lipinski definition) is 2. The van der Waals surface area contributed by atoms with Crippen molar-refractivity contribution in [2.24, 2.45) is 5.73 Å². The topological polar surface area (TPSA) is 58.4 Å². The van der Waals surface area contributed by atoms with E-state index in [1.165, 1.54) is 0 Å². The van der Waals surface area contributed by atoms with Crippen LogP contribution in [0, 0.1) is 0 Å². The van der Waals surface area contributed by atoms with E-state index in [9.17, 15) is 4.79 Å². The monoisotopic (exact) mass is 169 g/mol. The number of hydrogen-bond acceptors (Lipinski definition) is 3. The van der Waals surface area contributed by atoms with Crippen LogP contribution in [0.5, 0.6) is 0 Å². The van der Waals surface area contributed by atoms with Crippen molar-refractivity contribution in [1.82, 2.24) is 10.2 Å². The highest BCUT2D eigenvalue weighted by Gasteiger charge is 2.16. The zero-order valence-electron chi connectivity index (χ0n) is 7.34. The van der Waals surface area contributed by atoms with Crippen LogP contribution in [0.2, 0.25) is 0 Å². The first-order valence-electron chi connectivity index (χ1n) is 4.15. The first kappa shape index (κ1) is 9.06. The number of rotatable bonds is 3. The number of nitrogens with two attached hydrogens (primary N) is 1. The lowest BCUT2D eigenvalue weighted by atomic mass is 10.4. The summed E-state index contributed by atoms with van der Waals surface area (Å²) >= 11 is 0. The first-order chi connectivity index (χ1) is 5.75. The Morgan fingerprint density at radius 1 is 1.83 bits per heavy atom. The number of nitrogens with one attached hydrogen (secondary N) is 1. The first-order valence-corrected chi connectivity index (χ1v) is 4.15. The van der Waals surface area contributed by atoms with Crippen LogP contribution >= 0.6 is 0 Å². The number of carbonyl (C=O) groups is 1. The molecular weight excluding hydrogens is 154 g/mol. The molecule has 0 saturated carbocycles. The van der Waals surface area contributed by atoms with E-state index in [2.05, 4.69) is 5.32 Å². The summed E-state index contributed by atoms with van der Waals surface area (Å²) in [6.07, 6.45) is 2.91. The average molecular weight is 169 g/mol. The SMILES string of the molecule is CN1CCC=C1C(=O)NCCN. The Bertz CT molecular complexity index is 200. The Morgan fingerprint density at radius 3 is 3.08 bits per heavy atom. The lowest BCUT2D eigenvalue weighted by Crippen LogP contribution is -2.34. The van der Waals surface area contributed by atoms with E-state index in [4.69, 9.17) is 5.73 Å². The Morgan fingerprint density at radius 2 is 2.58 bits per heavy atom. The van der Waals surface area contributed by atoms with E-state index >= 15 is 0 Å². The summed E-state index contributed by atoms with van der Waals surface area (Å²) in [7, 11) is 1.92. The summed E-state index contributed by atoms with van der Waals surface area (Å²) in [6, 6.07) is 0. The molecule has 1 heterocycles. The minimum Gasteiger partial charge on any atom is -0.370 e. The summed E-state index contributed by atoms with van der Waals surface area (Å²) in [6.45, 7) is 1.97. The molecule has 4 nitrogen and oxygen atoms in total. The van der Waals surface area contributed by atoms with Gasteiger partial charge in [-0.05, 0) is 6.42 Å². The van der Waals surface area contributed by atoms with Crippen LogP contribution in [0.25, 0.3) is 0 Å². The summed E-state index contributed by atoms with van der Waals surface area (Å²) < 4.78 is 0. The largest absolute Gasteiger partial charge is 0.370 e. The van der Waals surface area contributed by atoms with Crippen molar-refractivity contribution in [3.63, 3.8) is 0 Å². The fourth-order valence-corrected chi connectivity index (χ4v) is 1.21. The van der Waals surface area contributed by atoms with Gasteiger partial charge < -0.3 is 16.0 Å². The van der Waals surface area contributed by atoms with Gasteiger partial charge in [-0.1, -0.05) is 6.08 Å². The maximum absolute atomic E-state index is 11.3. The van der Waals surface area contributed by atoms with Crippen LogP contribution in [0.15, 0.2) is 11.8 Å². The van der Waals surface area contributed by atoms with E-state index in [-0.39, 0.29) is 5.91 Å². The molecule has 68 valence electrons. The zero-order chi connectivity index (χ0) is 8.97. The van der Waals surface area contributed by atoms with Gasteiger partial charge in [0.2, 0.25) is 0 Å². The van der Waals surface area contributed by atoms with Crippen LogP contribution < -0.4 is 11.1 Å². The summed E-state index contributed by atoms with van der Waals surface area (Å²) in [5.74, 6) is -0.0135. The highest BCUT2D eigenvalue weighted by molar-refractivity contribution is 5.93. The molecule has 0 aliphatic carbocycles. The van der Waals surface area contributed by atoms with Crippen LogP contribution in [0.1, 0.15) is 6.42 Å². The second kappa shape index (κ2) is 4.11. The van der Waals surface area contributed by atoms with Gasteiger partial charge in [0.05, 0.1) is 5.70 Å². The predicted octanol–water partition coefficient (Wildman–Crippen LogP) is -0.719. The fourth-order valence-electron chi connectivity index (χ4n) is 1.21. The molecule has 0 aromatic carbocycles. The van der Waals surface area contributed by atoms with Crippen LogP contribution in [0.3, 0.4) is 0 Å². The van der Waals surface area contributed by atoms with Crippen molar-refractivity contribution >= 4 is 5.91 Å². The normalized spacial score (nSPS) is 16.2. The number of carbonyl (C=O) groups excluding carboxylic acids is 1. The Hall–Kier alpha value is -1.03. The molecule has 0 spiro atoms. The third-order valence-corrected chi connectivity index (χ3v) is 1.88. The molecule has 1 aliphatic rings.